The summed E-state index contributed by atoms with van der Waals surface area (Å²) in [5.74, 6) is -1.09. The second-order valence-corrected chi connectivity index (χ2v) is 7.85. The largest absolute Gasteiger partial charge is 0.573 e. The van der Waals surface area contributed by atoms with E-state index in [1.807, 2.05) is 6.07 Å². The van der Waals surface area contributed by atoms with Gasteiger partial charge in [-0.2, -0.15) is 0 Å². The van der Waals surface area contributed by atoms with Crippen LogP contribution in [0.5, 0.6) is 5.75 Å². The lowest BCUT2D eigenvalue weighted by molar-refractivity contribution is -0.274. The standard InChI is InChI=1S/C23H15F4NO3S/c24-16-3-1-4-17(13-16)28(22(29)20-5-2-12-30-20)14-19-10-11-21(32-19)15-6-8-18(9-7-15)31-23(25,26)27/h1-13H,14H2. The normalized spacial score (nSPS) is 11.4. The summed E-state index contributed by atoms with van der Waals surface area (Å²) in [6.45, 7) is 0.156. The van der Waals surface area contributed by atoms with E-state index in [9.17, 15) is 22.4 Å². The van der Waals surface area contributed by atoms with Crippen LogP contribution < -0.4 is 9.64 Å². The molecule has 0 unspecified atom stereocenters. The molecular formula is C23H15F4NO3S. The second kappa shape index (κ2) is 8.88. The third-order valence-electron chi connectivity index (χ3n) is 4.45. The molecule has 4 nitrogen and oxygen atoms in total. The molecule has 1 amide bonds. The fourth-order valence-electron chi connectivity index (χ4n) is 3.05. The van der Waals surface area contributed by atoms with E-state index in [0.717, 1.165) is 9.75 Å². The molecule has 0 fully saturated rings. The molecular weight excluding hydrogens is 446 g/mol. The molecule has 0 radical (unpaired) electrons. The average Bonchev–Trinajstić information content (AvgIpc) is 3.43. The molecule has 2 heterocycles. The number of furan rings is 1. The molecule has 4 rings (SSSR count). The first kappa shape index (κ1) is 21.6. The van der Waals surface area contributed by atoms with Gasteiger partial charge in [0, 0.05) is 15.4 Å². The number of nitrogens with zero attached hydrogens (tertiary/aromatic N) is 1. The number of carbonyl (C=O) groups excluding carboxylic acids is 1. The maximum atomic E-state index is 13.8. The summed E-state index contributed by atoms with van der Waals surface area (Å²) in [5.41, 5.74) is 1.07. The number of anilines is 1. The third kappa shape index (κ3) is 5.17. The Labute approximate surface area is 184 Å². The van der Waals surface area contributed by atoms with Crippen LogP contribution in [0.2, 0.25) is 0 Å². The van der Waals surface area contributed by atoms with Crippen molar-refractivity contribution in [1.82, 2.24) is 0 Å². The smallest absolute Gasteiger partial charge is 0.459 e. The van der Waals surface area contributed by atoms with Crippen LogP contribution in [0.15, 0.2) is 83.5 Å². The highest BCUT2D eigenvalue weighted by molar-refractivity contribution is 7.15. The molecule has 0 N–H and O–H groups in total. The van der Waals surface area contributed by atoms with Gasteiger partial charge in [0.05, 0.1) is 12.8 Å². The van der Waals surface area contributed by atoms with Gasteiger partial charge < -0.3 is 14.1 Å². The minimum absolute atomic E-state index is 0.117. The average molecular weight is 461 g/mol. The molecule has 164 valence electrons. The van der Waals surface area contributed by atoms with Crippen LogP contribution in [0.4, 0.5) is 23.2 Å². The van der Waals surface area contributed by atoms with Crippen LogP contribution in [0.1, 0.15) is 15.4 Å². The highest BCUT2D eigenvalue weighted by Gasteiger charge is 2.31. The van der Waals surface area contributed by atoms with E-state index < -0.39 is 18.1 Å². The molecule has 0 bridgehead atoms. The van der Waals surface area contributed by atoms with Crippen LogP contribution in [0.25, 0.3) is 10.4 Å². The summed E-state index contributed by atoms with van der Waals surface area (Å²) in [6.07, 6.45) is -3.37. The zero-order chi connectivity index (χ0) is 22.7. The lowest BCUT2D eigenvalue weighted by Gasteiger charge is -2.21. The number of benzene rings is 2. The molecule has 9 heteroatoms. The highest BCUT2D eigenvalue weighted by Crippen LogP contribution is 2.32. The monoisotopic (exact) mass is 461 g/mol. The Hall–Kier alpha value is -3.59. The van der Waals surface area contributed by atoms with Gasteiger partial charge in [-0.3, -0.25) is 4.79 Å². The number of amides is 1. The molecule has 2 aromatic heterocycles. The number of hydrogen-bond donors (Lipinski definition) is 0. The number of thiophene rings is 1. The SMILES string of the molecule is O=C(c1ccco1)N(Cc1ccc(-c2ccc(OC(F)(F)F)cc2)s1)c1cccc(F)c1. The molecule has 32 heavy (non-hydrogen) atoms. The Balaban J connectivity index is 1.57. The molecule has 2 aromatic carbocycles. The van der Waals surface area contributed by atoms with Crippen LogP contribution in [-0.2, 0) is 6.54 Å². The Kier molecular flexibility index (Phi) is 6.00. The van der Waals surface area contributed by atoms with E-state index in [1.54, 1.807) is 18.2 Å². The minimum Gasteiger partial charge on any atom is -0.459 e. The molecule has 0 atom stereocenters. The van der Waals surface area contributed by atoms with E-state index in [2.05, 4.69) is 4.74 Å². The van der Waals surface area contributed by atoms with Crippen molar-refractivity contribution in [3.8, 4) is 16.2 Å². The van der Waals surface area contributed by atoms with Crippen molar-refractivity contribution >= 4 is 22.9 Å². The Morgan fingerprint density at radius 3 is 2.44 bits per heavy atom. The van der Waals surface area contributed by atoms with Gasteiger partial charge >= 0.3 is 6.36 Å². The quantitative estimate of drug-likeness (QED) is 0.294. The summed E-state index contributed by atoms with van der Waals surface area (Å²) in [4.78, 5) is 15.9. The summed E-state index contributed by atoms with van der Waals surface area (Å²) in [6, 6.07) is 17.9. The summed E-state index contributed by atoms with van der Waals surface area (Å²) in [7, 11) is 0. The topological polar surface area (TPSA) is 42.7 Å². The molecule has 0 saturated carbocycles. The molecule has 0 saturated heterocycles. The van der Waals surface area contributed by atoms with Crippen LogP contribution in [-0.4, -0.2) is 12.3 Å². The first-order valence-electron chi connectivity index (χ1n) is 9.34. The molecule has 4 aromatic rings. The van der Waals surface area contributed by atoms with Crippen LogP contribution >= 0.6 is 11.3 Å². The van der Waals surface area contributed by atoms with E-state index >= 15 is 0 Å². The first-order valence-corrected chi connectivity index (χ1v) is 10.2. The van der Waals surface area contributed by atoms with Crippen molar-refractivity contribution in [2.24, 2.45) is 0 Å². The van der Waals surface area contributed by atoms with E-state index in [0.29, 0.717) is 11.3 Å². The van der Waals surface area contributed by atoms with Crippen molar-refractivity contribution < 1.29 is 31.5 Å². The number of ether oxygens (including phenoxy) is 1. The minimum atomic E-state index is -4.75. The van der Waals surface area contributed by atoms with Crippen molar-refractivity contribution in [2.45, 2.75) is 12.9 Å². The first-order chi connectivity index (χ1) is 15.3. The van der Waals surface area contributed by atoms with Gasteiger partial charge in [-0.05, 0) is 72.3 Å². The lowest BCUT2D eigenvalue weighted by atomic mass is 10.2. The number of halogens is 4. The Bertz CT molecular complexity index is 1200. The number of hydrogen-bond acceptors (Lipinski definition) is 4. The van der Waals surface area contributed by atoms with Gasteiger partial charge in [-0.15, -0.1) is 24.5 Å². The maximum Gasteiger partial charge on any atom is 0.573 e. The number of rotatable bonds is 6. The predicted molar refractivity (Wildman–Crippen MR) is 112 cm³/mol. The van der Waals surface area contributed by atoms with Crippen molar-refractivity contribution in [2.75, 3.05) is 4.90 Å². The fraction of sp³-hybridized carbons (Fsp3) is 0.0870. The van der Waals surface area contributed by atoms with Gasteiger partial charge in [-0.25, -0.2) is 4.39 Å². The summed E-state index contributed by atoms with van der Waals surface area (Å²) in [5, 5.41) is 0. The molecule has 0 spiro atoms. The molecule has 0 aliphatic rings. The van der Waals surface area contributed by atoms with Crippen molar-refractivity contribution in [3.05, 3.63) is 95.5 Å². The summed E-state index contributed by atoms with van der Waals surface area (Å²) < 4.78 is 59.9. The molecule has 0 aliphatic carbocycles. The number of alkyl halides is 3. The van der Waals surface area contributed by atoms with Gasteiger partial charge in [0.2, 0.25) is 0 Å². The highest BCUT2D eigenvalue weighted by atomic mass is 32.1. The van der Waals surface area contributed by atoms with Gasteiger partial charge in [0.15, 0.2) is 5.76 Å². The molecule has 0 aliphatic heterocycles. The van der Waals surface area contributed by atoms with Crippen LogP contribution in [0.3, 0.4) is 0 Å². The Morgan fingerprint density at radius 1 is 1.00 bits per heavy atom. The van der Waals surface area contributed by atoms with Gasteiger partial charge in [-0.1, -0.05) is 6.07 Å². The third-order valence-corrected chi connectivity index (χ3v) is 5.56. The lowest BCUT2D eigenvalue weighted by Crippen LogP contribution is -2.29. The number of carbonyl (C=O) groups is 1. The van der Waals surface area contributed by atoms with Gasteiger partial charge in [0.25, 0.3) is 5.91 Å². The van der Waals surface area contributed by atoms with Crippen LogP contribution in [0, 0.1) is 5.82 Å². The second-order valence-electron chi connectivity index (χ2n) is 6.69. The predicted octanol–water partition coefficient (Wildman–Crippen LogP) is 6.89. The summed E-state index contributed by atoms with van der Waals surface area (Å²) >= 11 is 1.37. The zero-order valence-corrected chi connectivity index (χ0v) is 17.1. The fourth-order valence-corrected chi connectivity index (χ4v) is 4.05. The van der Waals surface area contributed by atoms with Gasteiger partial charge in [0.1, 0.15) is 11.6 Å². The zero-order valence-electron chi connectivity index (χ0n) is 16.3. The van der Waals surface area contributed by atoms with Crippen molar-refractivity contribution in [3.63, 3.8) is 0 Å². The van der Waals surface area contributed by atoms with Crippen molar-refractivity contribution in [1.29, 1.82) is 0 Å². The van der Waals surface area contributed by atoms with E-state index in [-0.39, 0.29) is 18.1 Å². The maximum absolute atomic E-state index is 13.8. The van der Waals surface area contributed by atoms with E-state index in [1.165, 1.54) is 71.0 Å². The van der Waals surface area contributed by atoms with E-state index in [4.69, 9.17) is 4.42 Å². The Morgan fingerprint density at radius 2 is 1.78 bits per heavy atom.